The molecule has 1 aliphatic carbocycles. The molecule has 0 spiro atoms. The van der Waals surface area contributed by atoms with Gasteiger partial charge in [0.15, 0.2) is 0 Å². The number of rotatable bonds is 9. The van der Waals surface area contributed by atoms with Crippen LogP contribution in [0.5, 0.6) is 0 Å². The number of nitrogens with one attached hydrogen (secondary N) is 1. The van der Waals surface area contributed by atoms with E-state index < -0.39 is 72.4 Å². The molecule has 2 rings (SSSR count). The van der Waals surface area contributed by atoms with Gasteiger partial charge in [0.05, 0.1) is 18.6 Å². The first-order valence-electron chi connectivity index (χ1n) is 8.26. The Morgan fingerprint density at radius 1 is 1.13 bits per heavy atom. The minimum atomic E-state index is -5.64. The number of hydrogen-bond donors (Lipinski definition) is 6. The smallest absolute Gasteiger partial charge is 0.396 e. The summed E-state index contributed by atoms with van der Waals surface area (Å²) in [5.41, 5.74) is 0.324. The Kier molecular flexibility index (Phi) is 7.50. The summed E-state index contributed by atoms with van der Waals surface area (Å²) in [6, 6.07) is -1.38. The topological polar surface area (TPSA) is 229 Å². The van der Waals surface area contributed by atoms with E-state index in [9.17, 15) is 33.3 Å². The average Bonchev–Trinajstić information content (AvgIpc) is 2.53. The fraction of sp³-hybridized carbons (Fsp3) is 0.667. The molecule has 0 aromatic rings. The fourth-order valence-corrected chi connectivity index (χ4v) is 6.28. The number of phosphoric acid groups is 3. The molecule has 30 heavy (non-hydrogen) atoms. The normalized spacial score (nSPS) is 31.5. The molecule has 0 bridgehead atoms. The highest BCUT2D eigenvalue weighted by Crippen LogP contribution is 2.66. The maximum Gasteiger partial charge on any atom is 0.490 e. The van der Waals surface area contributed by atoms with Gasteiger partial charge in [-0.3, -0.25) is 14.6 Å². The van der Waals surface area contributed by atoms with Gasteiger partial charge in [0, 0.05) is 25.0 Å². The van der Waals surface area contributed by atoms with Crippen LogP contribution in [0.25, 0.3) is 0 Å². The van der Waals surface area contributed by atoms with Gasteiger partial charge >= 0.3 is 29.5 Å². The number of carbonyl (C=O) groups excluding carboxylic acids is 2. The number of aliphatic hydroxyl groups excluding tert-OH is 1. The molecular formula is C12H21N2O13P3. The van der Waals surface area contributed by atoms with Gasteiger partial charge in [-0.25, -0.2) is 18.5 Å². The highest BCUT2D eigenvalue weighted by atomic mass is 31.3. The van der Waals surface area contributed by atoms with Gasteiger partial charge in [0.25, 0.3) is 0 Å². The van der Waals surface area contributed by atoms with Gasteiger partial charge in [-0.15, -0.1) is 0 Å². The van der Waals surface area contributed by atoms with Crippen LogP contribution in [0.15, 0.2) is 12.2 Å². The van der Waals surface area contributed by atoms with Crippen molar-refractivity contribution in [3.63, 3.8) is 0 Å². The zero-order valence-electron chi connectivity index (χ0n) is 15.4. The van der Waals surface area contributed by atoms with E-state index in [1.165, 1.54) is 4.90 Å². The summed E-state index contributed by atoms with van der Waals surface area (Å²) < 4.78 is 45.5. The Morgan fingerprint density at radius 3 is 2.27 bits per heavy atom. The number of imide groups is 1. The highest BCUT2D eigenvalue weighted by Gasteiger charge is 2.51. The quantitative estimate of drug-likeness (QED) is 0.179. The van der Waals surface area contributed by atoms with Crippen molar-refractivity contribution in [2.24, 2.45) is 17.8 Å². The molecule has 18 heteroatoms. The number of hydrogen-bond acceptors (Lipinski definition) is 9. The largest absolute Gasteiger partial charge is 0.490 e. The van der Waals surface area contributed by atoms with Crippen LogP contribution >= 0.6 is 23.5 Å². The van der Waals surface area contributed by atoms with Crippen molar-refractivity contribution in [1.82, 2.24) is 10.2 Å². The Balaban J connectivity index is 2.01. The van der Waals surface area contributed by atoms with Gasteiger partial charge in [-0.1, -0.05) is 13.5 Å². The van der Waals surface area contributed by atoms with E-state index in [1.807, 2.05) is 0 Å². The van der Waals surface area contributed by atoms with Crippen molar-refractivity contribution < 1.29 is 61.1 Å². The standard InChI is InChI=1S/C12H21N2O13P3/c1-6-3-14(12(17)13-11(6)16)10-7(2)9(8(10)4-15)5-25-29(21,22)27-30(23,24)26-28(18,19)20/h6,8-10,15H,2-5H2,1H3,(H,21,22)(H,23,24)(H,13,16,17)(H2,18,19,20)/t6?,8-,9+,10-/m1/s1. The zero-order valence-corrected chi connectivity index (χ0v) is 18.1. The average molecular weight is 494 g/mol. The van der Waals surface area contributed by atoms with E-state index in [4.69, 9.17) is 14.7 Å². The van der Waals surface area contributed by atoms with E-state index in [2.05, 4.69) is 25.0 Å². The predicted octanol–water partition coefficient (Wildman–Crippen LogP) is -0.319. The van der Waals surface area contributed by atoms with Crippen molar-refractivity contribution in [2.45, 2.75) is 13.0 Å². The molecular weight excluding hydrogens is 473 g/mol. The second-order valence-corrected chi connectivity index (χ2v) is 11.1. The Labute approximate surface area is 170 Å². The van der Waals surface area contributed by atoms with Crippen LogP contribution in [0.2, 0.25) is 0 Å². The molecule has 15 nitrogen and oxygen atoms in total. The first-order valence-corrected chi connectivity index (χ1v) is 12.8. The van der Waals surface area contributed by atoms with Crippen molar-refractivity contribution in [3.05, 3.63) is 12.2 Å². The van der Waals surface area contributed by atoms with Crippen molar-refractivity contribution in [3.8, 4) is 0 Å². The molecule has 0 radical (unpaired) electrons. The molecule has 6 atom stereocenters. The molecule has 0 aromatic heterocycles. The number of carbonyl (C=O) groups is 2. The predicted molar refractivity (Wildman–Crippen MR) is 96.2 cm³/mol. The van der Waals surface area contributed by atoms with Crippen LogP contribution in [0.3, 0.4) is 0 Å². The highest BCUT2D eigenvalue weighted by molar-refractivity contribution is 7.66. The molecule has 1 aliphatic heterocycles. The maximum atomic E-state index is 12.1. The van der Waals surface area contributed by atoms with Crippen LogP contribution in [-0.2, 0) is 31.6 Å². The molecule has 3 amide bonds. The molecule has 2 fully saturated rings. The summed E-state index contributed by atoms with van der Waals surface area (Å²) in [5, 5.41) is 11.8. The van der Waals surface area contributed by atoms with Crippen LogP contribution in [-0.4, -0.2) is 67.3 Å². The summed E-state index contributed by atoms with van der Waals surface area (Å²) in [6.45, 7) is 4.28. The number of amides is 3. The number of urea groups is 1. The second kappa shape index (κ2) is 8.89. The van der Waals surface area contributed by atoms with E-state index >= 15 is 0 Å². The Hall–Kier alpha value is -0.950. The molecule has 1 saturated heterocycles. The lowest BCUT2D eigenvalue weighted by Gasteiger charge is -2.52. The molecule has 1 saturated carbocycles. The third-order valence-corrected chi connectivity index (χ3v) is 8.37. The lowest BCUT2D eigenvalue weighted by Crippen LogP contribution is -2.65. The van der Waals surface area contributed by atoms with Crippen LogP contribution in [0, 0.1) is 17.8 Å². The van der Waals surface area contributed by atoms with Crippen LogP contribution in [0.1, 0.15) is 6.92 Å². The zero-order chi connectivity index (χ0) is 23.1. The molecule has 0 aromatic carbocycles. The Morgan fingerprint density at radius 2 is 1.73 bits per heavy atom. The lowest BCUT2D eigenvalue weighted by molar-refractivity contribution is -0.126. The van der Waals surface area contributed by atoms with Gasteiger partial charge in [0.1, 0.15) is 0 Å². The van der Waals surface area contributed by atoms with Crippen molar-refractivity contribution in [2.75, 3.05) is 19.8 Å². The van der Waals surface area contributed by atoms with Crippen molar-refractivity contribution >= 4 is 35.4 Å². The molecule has 6 N–H and O–H groups in total. The molecule has 1 heterocycles. The van der Waals surface area contributed by atoms with E-state index in [-0.39, 0.29) is 6.54 Å². The second-order valence-electron chi connectivity index (χ2n) is 6.71. The minimum Gasteiger partial charge on any atom is -0.396 e. The van der Waals surface area contributed by atoms with Gasteiger partial charge < -0.3 is 29.6 Å². The van der Waals surface area contributed by atoms with E-state index in [0.717, 1.165) is 0 Å². The summed E-state index contributed by atoms with van der Waals surface area (Å²) >= 11 is 0. The Bertz CT molecular complexity index is 871. The van der Waals surface area contributed by atoms with Crippen LogP contribution in [0.4, 0.5) is 4.79 Å². The SMILES string of the molecule is C=C1[C@@H](N2CC(C)C(=O)NC2=O)[C@H](CO)[C@H]1COP(=O)(O)OP(=O)(O)OP(=O)(O)O. The number of phosphoric ester groups is 1. The molecule has 2 aliphatic rings. The van der Waals surface area contributed by atoms with Gasteiger partial charge in [0.2, 0.25) is 5.91 Å². The minimum absolute atomic E-state index is 0.0629. The molecule has 3 unspecified atom stereocenters. The van der Waals surface area contributed by atoms with Crippen molar-refractivity contribution in [1.29, 1.82) is 0 Å². The number of nitrogens with zero attached hydrogens (tertiary/aromatic N) is 1. The first-order chi connectivity index (χ1) is 13.6. The summed E-state index contributed by atoms with van der Waals surface area (Å²) in [5.74, 6) is -2.43. The maximum absolute atomic E-state index is 12.1. The van der Waals surface area contributed by atoms with Gasteiger partial charge in [-0.2, -0.15) is 8.62 Å². The van der Waals surface area contributed by atoms with E-state index in [1.54, 1.807) is 6.92 Å². The first kappa shape index (κ1) is 25.3. The lowest BCUT2D eigenvalue weighted by atomic mass is 9.65. The summed E-state index contributed by atoms with van der Waals surface area (Å²) in [7, 11) is -16.5. The monoisotopic (exact) mass is 494 g/mol. The van der Waals surface area contributed by atoms with Crippen LogP contribution < -0.4 is 5.32 Å². The third kappa shape index (κ3) is 6.06. The third-order valence-electron chi connectivity index (χ3n) is 4.57. The number of aliphatic hydroxyl groups is 1. The van der Waals surface area contributed by atoms with E-state index in [0.29, 0.717) is 5.57 Å². The van der Waals surface area contributed by atoms with Gasteiger partial charge in [-0.05, 0) is 5.57 Å². The summed E-state index contributed by atoms with van der Waals surface area (Å²) in [6.07, 6.45) is 0. The fourth-order valence-electron chi connectivity index (χ4n) is 3.24. The summed E-state index contributed by atoms with van der Waals surface area (Å²) in [4.78, 5) is 60.6. The molecule has 172 valence electrons.